The summed E-state index contributed by atoms with van der Waals surface area (Å²) in [6, 6.07) is 0. The van der Waals surface area contributed by atoms with Crippen LogP contribution in [0.3, 0.4) is 0 Å². The standard InChI is InChI=1S/C20H32N2O5/c1-2-3-4-5-8-11-14-19(21(24)25)16-17-20(22(26)27)15-12-9-6-7-10-13-18-23/h6,9,15-16,18H,2-5,7-8,10-14,17H2,1H3/b9-6-,19-16+,20-15+. The Kier molecular flexibility index (Phi) is 15.7. The molecule has 0 rings (SSSR count). The van der Waals surface area contributed by atoms with E-state index in [-0.39, 0.29) is 17.8 Å². The number of hydrogen-bond acceptors (Lipinski definition) is 5. The highest BCUT2D eigenvalue weighted by molar-refractivity contribution is 5.49. The molecule has 0 unspecified atom stereocenters. The van der Waals surface area contributed by atoms with Gasteiger partial charge in [0.15, 0.2) is 0 Å². The molecule has 0 saturated carbocycles. The van der Waals surface area contributed by atoms with Crippen LogP contribution in [-0.2, 0) is 4.79 Å². The van der Waals surface area contributed by atoms with Crippen LogP contribution in [0, 0.1) is 20.2 Å². The number of carbonyl (C=O) groups excluding carboxylic acids is 1. The average molecular weight is 380 g/mol. The summed E-state index contributed by atoms with van der Waals surface area (Å²) >= 11 is 0. The van der Waals surface area contributed by atoms with Gasteiger partial charge in [-0.15, -0.1) is 0 Å². The lowest BCUT2D eigenvalue weighted by atomic mass is 10.1. The van der Waals surface area contributed by atoms with E-state index in [2.05, 4.69) is 6.92 Å². The van der Waals surface area contributed by atoms with Gasteiger partial charge in [0.2, 0.25) is 11.4 Å². The molecule has 152 valence electrons. The predicted molar refractivity (Wildman–Crippen MR) is 106 cm³/mol. The third-order valence-corrected chi connectivity index (χ3v) is 4.15. The van der Waals surface area contributed by atoms with Crippen LogP contribution in [0.25, 0.3) is 0 Å². The first-order valence-electron chi connectivity index (χ1n) is 9.78. The summed E-state index contributed by atoms with van der Waals surface area (Å²) in [7, 11) is 0. The van der Waals surface area contributed by atoms with Gasteiger partial charge in [0.1, 0.15) is 6.29 Å². The predicted octanol–water partition coefficient (Wildman–Crippen LogP) is 5.76. The van der Waals surface area contributed by atoms with E-state index < -0.39 is 9.85 Å². The Morgan fingerprint density at radius 1 is 0.815 bits per heavy atom. The van der Waals surface area contributed by atoms with Crippen molar-refractivity contribution in [3.05, 3.63) is 55.9 Å². The Morgan fingerprint density at radius 3 is 2.11 bits per heavy atom. The molecule has 7 nitrogen and oxygen atoms in total. The van der Waals surface area contributed by atoms with Crippen LogP contribution in [0.15, 0.2) is 35.7 Å². The van der Waals surface area contributed by atoms with Gasteiger partial charge >= 0.3 is 0 Å². The first-order valence-corrected chi connectivity index (χ1v) is 9.78. The van der Waals surface area contributed by atoms with E-state index >= 15 is 0 Å². The van der Waals surface area contributed by atoms with Gasteiger partial charge in [0.25, 0.3) is 0 Å². The number of unbranched alkanes of at least 4 members (excludes halogenated alkanes) is 7. The molecule has 0 aromatic rings. The second-order valence-electron chi connectivity index (χ2n) is 6.43. The van der Waals surface area contributed by atoms with Crippen molar-refractivity contribution in [3.8, 4) is 0 Å². The van der Waals surface area contributed by atoms with Crippen molar-refractivity contribution in [2.24, 2.45) is 0 Å². The summed E-state index contributed by atoms with van der Waals surface area (Å²) in [5.41, 5.74) is 0.0254. The zero-order valence-electron chi connectivity index (χ0n) is 16.3. The van der Waals surface area contributed by atoms with Gasteiger partial charge in [0.05, 0.1) is 16.3 Å². The second-order valence-corrected chi connectivity index (χ2v) is 6.43. The molecular weight excluding hydrogens is 348 g/mol. The van der Waals surface area contributed by atoms with Crippen LogP contribution < -0.4 is 0 Å². The van der Waals surface area contributed by atoms with Gasteiger partial charge < -0.3 is 4.79 Å². The summed E-state index contributed by atoms with van der Waals surface area (Å²) < 4.78 is 0. The van der Waals surface area contributed by atoms with E-state index in [9.17, 15) is 25.0 Å². The van der Waals surface area contributed by atoms with Crippen LogP contribution >= 0.6 is 0 Å². The van der Waals surface area contributed by atoms with Crippen molar-refractivity contribution < 1.29 is 14.6 Å². The highest BCUT2D eigenvalue weighted by Crippen LogP contribution is 2.15. The lowest BCUT2D eigenvalue weighted by molar-refractivity contribution is -0.432. The summed E-state index contributed by atoms with van der Waals surface area (Å²) in [6.07, 6.45) is 16.4. The number of aldehydes is 1. The largest absolute Gasteiger partial charge is 0.303 e. The minimum Gasteiger partial charge on any atom is -0.303 e. The maximum absolute atomic E-state index is 11.1. The molecule has 0 atom stereocenters. The molecule has 7 heteroatoms. The summed E-state index contributed by atoms with van der Waals surface area (Å²) in [4.78, 5) is 31.5. The molecule has 0 bridgehead atoms. The lowest BCUT2D eigenvalue weighted by Gasteiger charge is -2.01. The first kappa shape index (κ1) is 24.7. The maximum Gasteiger partial charge on any atom is 0.246 e. The molecule has 0 spiro atoms. The second kappa shape index (κ2) is 17.1. The van der Waals surface area contributed by atoms with E-state index in [1.165, 1.54) is 18.6 Å². The van der Waals surface area contributed by atoms with Crippen molar-refractivity contribution in [3.63, 3.8) is 0 Å². The van der Waals surface area contributed by atoms with E-state index in [1.54, 1.807) is 0 Å². The number of rotatable bonds is 17. The summed E-state index contributed by atoms with van der Waals surface area (Å²) in [5.74, 6) is 0. The van der Waals surface area contributed by atoms with Crippen molar-refractivity contribution in [1.29, 1.82) is 0 Å². The van der Waals surface area contributed by atoms with Crippen LogP contribution in [0.5, 0.6) is 0 Å². The van der Waals surface area contributed by atoms with E-state index in [0.717, 1.165) is 51.2 Å². The molecule has 0 N–H and O–H groups in total. The van der Waals surface area contributed by atoms with Crippen LogP contribution in [0.1, 0.15) is 84.0 Å². The zero-order valence-corrected chi connectivity index (χ0v) is 16.3. The van der Waals surface area contributed by atoms with Gasteiger partial charge in [-0.25, -0.2) is 0 Å². The van der Waals surface area contributed by atoms with Gasteiger partial charge in [-0.05, 0) is 37.8 Å². The Labute approximate surface area is 161 Å². The number of carbonyl (C=O) groups is 1. The normalized spacial score (nSPS) is 12.5. The minimum atomic E-state index is -0.487. The SMILES string of the molecule is CCCCCCCC/C(=C\C/C(=C\C/C=C\CCCC=O)[N+](=O)[O-])[N+](=O)[O-]. The van der Waals surface area contributed by atoms with Crippen LogP contribution in [0.2, 0.25) is 0 Å². The molecular formula is C20H32N2O5. The van der Waals surface area contributed by atoms with E-state index in [4.69, 9.17) is 0 Å². The van der Waals surface area contributed by atoms with E-state index in [1.807, 2.05) is 12.2 Å². The third kappa shape index (κ3) is 14.5. The quantitative estimate of drug-likeness (QED) is 0.105. The van der Waals surface area contributed by atoms with Crippen molar-refractivity contribution in [1.82, 2.24) is 0 Å². The maximum atomic E-state index is 11.1. The molecule has 0 heterocycles. The molecule has 0 amide bonds. The Bertz CT molecular complexity index is 538. The number of nitrogens with zero attached hydrogens (tertiary/aromatic N) is 2. The summed E-state index contributed by atoms with van der Waals surface area (Å²) in [6.45, 7) is 2.14. The molecule has 0 fully saturated rings. The highest BCUT2D eigenvalue weighted by atomic mass is 16.6. The van der Waals surface area contributed by atoms with E-state index in [0.29, 0.717) is 19.3 Å². The molecule has 0 aliphatic rings. The minimum absolute atomic E-state index is 0.0326. The smallest absolute Gasteiger partial charge is 0.246 e. The Balaban J connectivity index is 4.51. The molecule has 0 aliphatic heterocycles. The number of hydrogen-bond donors (Lipinski definition) is 0. The van der Waals surface area contributed by atoms with Crippen LogP contribution in [-0.4, -0.2) is 16.1 Å². The lowest BCUT2D eigenvalue weighted by Crippen LogP contribution is -2.02. The van der Waals surface area contributed by atoms with Crippen molar-refractivity contribution >= 4 is 6.29 Å². The van der Waals surface area contributed by atoms with Gasteiger partial charge in [-0.1, -0.05) is 51.2 Å². The van der Waals surface area contributed by atoms with Crippen LogP contribution in [0.4, 0.5) is 0 Å². The Morgan fingerprint density at radius 2 is 1.48 bits per heavy atom. The third-order valence-electron chi connectivity index (χ3n) is 4.15. The zero-order chi connectivity index (χ0) is 20.3. The molecule has 0 aliphatic carbocycles. The molecule has 27 heavy (non-hydrogen) atoms. The van der Waals surface area contributed by atoms with Crippen molar-refractivity contribution in [2.45, 2.75) is 84.0 Å². The number of nitro groups is 2. The fourth-order valence-electron chi connectivity index (χ4n) is 2.55. The topological polar surface area (TPSA) is 103 Å². The fourth-order valence-corrected chi connectivity index (χ4v) is 2.55. The van der Waals surface area contributed by atoms with Gasteiger partial charge in [-0.2, -0.15) is 0 Å². The van der Waals surface area contributed by atoms with Crippen molar-refractivity contribution in [2.75, 3.05) is 0 Å². The summed E-state index contributed by atoms with van der Waals surface area (Å²) in [5, 5.41) is 22.3. The molecule has 0 radical (unpaired) electrons. The highest BCUT2D eigenvalue weighted by Gasteiger charge is 2.14. The molecule has 0 saturated heterocycles. The fraction of sp³-hybridized carbons (Fsp3) is 0.650. The average Bonchev–Trinajstić information content (AvgIpc) is 2.63. The Hall–Kier alpha value is -2.31. The monoisotopic (exact) mass is 380 g/mol. The first-order chi connectivity index (χ1) is 13.0. The molecule has 0 aromatic carbocycles. The van der Waals surface area contributed by atoms with Gasteiger partial charge in [0, 0.05) is 12.8 Å². The van der Waals surface area contributed by atoms with Gasteiger partial charge in [-0.3, -0.25) is 20.2 Å². The molecule has 0 aromatic heterocycles. The number of allylic oxidation sites excluding steroid dienone is 5.